The van der Waals surface area contributed by atoms with Crippen LogP contribution >= 0.6 is 11.6 Å². The van der Waals surface area contributed by atoms with Crippen molar-refractivity contribution in [3.05, 3.63) is 111 Å². The second kappa shape index (κ2) is 7.69. The third-order valence-electron chi connectivity index (χ3n) is 4.44. The number of nitro groups is 1. The zero-order chi connectivity index (χ0) is 20.4. The fraction of sp³-hybridized carbons (Fsp3) is 0. The number of anilines is 1. The number of benzene rings is 3. The number of hydrogen-bond donors (Lipinski definition) is 0. The van der Waals surface area contributed by atoms with E-state index >= 15 is 0 Å². The van der Waals surface area contributed by atoms with Crippen LogP contribution < -0.4 is 5.01 Å². The molecule has 0 unspecified atom stereocenters. The number of amides is 1. The molecule has 0 N–H and O–H groups in total. The molecule has 1 aliphatic rings. The summed E-state index contributed by atoms with van der Waals surface area (Å²) in [5, 5.41) is 17.2. The van der Waals surface area contributed by atoms with Crippen molar-refractivity contribution in [2.24, 2.45) is 5.10 Å². The number of nitro benzene ring substituents is 1. The van der Waals surface area contributed by atoms with Crippen molar-refractivity contribution in [2.75, 3.05) is 5.01 Å². The maximum atomic E-state index is 13.2. The SMILES string of the molecule is O=C1C(=Cc2ccccc2Cl)C(c2ccccc2)=NN1c1ccc([N+](=O)[O-])cc1. The quantitative estimate of drug-likeness (QED) is 0.346. The zero-order valence-electron chi connectivity index (χ0n) is 15.0. The topological polar surface area (TPSA) is 75.8 Å². The molecule has 29 heavy (non-hydrogen) atoms. The number of carbonyl (C=O) groups excluding carboxylic acids is 1. The Labute approximate surface area is 171 Å². The van der Waals surface area contributed by atoms with Gasteiger partial charge in [-0.05, 0) is 29.8 Å². The van der Waals surface area contributed by atoms with E-state index in [2.05, 4.69) is 5.10 Å². The highest BCUT2D eigenvalue weighted by Gasteiger charge is 2.32. The lowest BCUT2D eigenvalue weighted by Gasteiger charge is -2.11. The number of halogens is 1. The maximum absolute atomic E-state index is 13.2. The summed E-state index contributed by atoms with van der Waals surface area (Å²) in [6.07, 6.45) is 1.71. The number of hydrogen-bond acceptors (Lipinski definition) is 4. The summed E-state index contributed by atoms with van der Waals surface area (Å²) in [4.78, 5) is 23.6. The lowest BCUT2D eigenvalue weighted by molar-refractivity contribution is -0.384. The van der Waals surface area contributed by atoms with E-state index in [0.717, 1.165) is 5.56 Å². The molecule has 0 aliphatic carbocycles. The maximum Gasteiger partial charge on any atom is 0.281 e. The minimum absolute atomic E-state index is 0.0560. The van der Waals surface area contributed by atoms with Crippen LogP contribution in [0.3, 0.4) is 0 Å². The molecule has 0 fully saturated rings. The van der Waals surface area contributed by atoms with Crippen LogP contribution in [0.25, 0.3) is 6.08 Å². The van der Waals surface area contributed by atoms with E-state index in [9.17, 15) is 14.9 Å². The molecule has 3 aromatic rings. The van der Waals surface area contributed by atoms with E-state index in [0.29, 0.717) is 27.6 Å². The third-order valence-corrected chi connectivity index (χ3v) is 4.78. The summed E-state index contributed by atoms with van der Waals surface area (Å²) in [5.74, 6) is -0.336. The van der Waals surface area contributed by atoms with Crippen molar-refractivity contribution in [1.82, 2.24) is 0 Å². The molecular formula is C22H14ClN3O3. The number of carbonyl (C=O) groups is 1. The Morgan fingerprint density at radius 3 is 2.24 bits per heavy atom. The average Bonchev–Trinajstić information content (AvgIpc) is 3.07. The molecule has 3 aromatic carbocycles. The molecule has 0 saturated carbocycles. The molecule has 7 heteroatoms. The summed E-state index contributed by atoms with van der Waals surface area (Å²) in [5.41, 5.74) is 2.77. The van der Waals surface area contributed by atoms with Crippen molar-refractivity contribution in [2.45, 2.75) is 0 Å². The Morgan fingerprint density at radius 1 is 0.931 bits per heavy atom. The minimum atomic E-state index is -0.489. The van der Waals surface area contributed by atoms with E-state index < -0.39 is 4.92 Å². The molecule has 0 radical (unpaired) electrons. The van der Waals surface area contributed by atoms with E-state index in [1.54, 1.807) is 12.1 Å². The predicted octanol–water partition coefficient (Wildman–Crippen LogP) is 5.08. The van der Waals surface area contributed by atoms with Crippen LogP contribution in [0.4, 0.5) is 11.4 Å². The number of hydrazone groups is 1. The molecule has 4 rings (SSSR count). The Morgan fingerprint density at radius 2 is 1.59 bits per heavy atom. The lowest BCUT2D eigenvalue weighted by atomic mass is 10.0. The van der Waals surface area contributed by atoms with E-state index in [4.69, 9.17) is 11.6 Å². The number of nitrogens with zero attached hydrogens (tertiary/aromatic N) is 3. The summed E-state index contributed by atoms with van der Waals surface area (Å²) in [6.45, 7) is 0. The second-order valence-electron chi connectivity index (χ2n) is 6.28. The molecule has 1 heterocycles. The van der Waals surface area contributed by atoms with Crippen molar-refractivity contribution >= 4 is 40.7 Å². The number of rotatable bonds is 4. The monoisotopic (exact) mass is 403 g/mol. The number of non-ortho nitro benzene ring substituents is 1. The van der Waals surface area contributed by atoms with Crippen LogP contribution in [0.2, 0.25) is 5.02 Å². The van der Waals surface area contributed by atoms with Crippen molar-refractivity contribution in [3.63, 3.8) is 0 Å². The van der Waals surface area contributed by atoms with Gasteiger partial charge in [0.05, 0.1) is 16.2 Å². The molecule has 0 aromatic heterocycles. The van der Waals surface area contributed by atoms with Crippen LogP contribution in [0.1, 0.15) is 11.1 Å². The highest BCUT2D eigenvalue weighted by Crippen LogP contribution is 2.30. The molecule has 142 valence electrons. The lowest BCUT2D eigenvalue weighted by Crippen LogP contribution is -2.21. The normalized spacial score (nSPS) is 14.9. The van der Waals surface area contributed by atoms with Crippen LogP contribution in [0.15, 0.2) is 89.5 Å². The van der Waals surface area contributed by atoms with E-state index in [1.165, 1.54) is 29.3 Å². The molecule has 0 atom stereocenters. The van der Waals surface area contributed by atoms with Crippen LogP contribution in [0, 0.1) is 10.1 Å². The Bertz CT molecular complexity index is 1160. The Hall–Kier alpha value is -3.77. The fourth-order valence-electron chi connectivity index (χ4n) is 2.99. The van der Waals surface area contributed by atoms with Gasteiger partial charge in [-0.2, -0.15) is 10.1 Å². The van der Waals surface area contributed by atoms with E-state index in [1.807, 2.05) is 48.5 Å². The van der Waals surface area contributed by atoms with Gasteiger partial charge in [0.1, 0.15) is 5.71 Å². The predicted molar refractivity (Wildman–Crippen MR) is 113 cm³/mol. The Kier molecular flexibility index (Phi) is 4.93. The fourth-order valence-corrected chi connectivity index (χ4v) is 3.18. The first-order valence-corrected chi connectivity index (χ1v) is 9.12. The standard InChI is InChI=1S/C22H14ClN3O3/c23-20-9-5-4-8-16(20)14-19-21(15-6-2-1-3-7-15)24-25(22(19)27)17-10-12-18(13-11-17)26(28)29/h1-14H. The first kappa shape index (κ1) is 18.6. The minimum Gasteiger partial charge on any atom is -0.267 e. The second-order valence-corrected chi connectivity index (χ2v) is 6.69. The largest absolute Gasteiger partial charge is 0.281 e. The summed E-state index contributed by atoms with van der Waals surface area (Å²) >= 11 is 6.27. The summed E-state index contributed by atoms with van der Waals surface area (Å²) in [6, 6.07) is 22.3. The zero-order valence-corrected chi connectivity index (χ0v) is 15.8. The van der Waals surface area contributed by atoms with Crippen molar-refractivity contribution in [1.29, 1.82) is 0 Å². The van der Waals surface area contributed by atoms with Gasteiger partial charge in [-0.1, -0.05) is 60.1 Å². The first-order chi connectivity index (χ1) is 14.0. The summed E-state index contributed by atoms with van der Waals surface area (Å²) < 4.78 is 0. The van der Waals surface area contributed by atoms with Crippen LogP contribution in [-0.2, 0) is 4.79 Å². The van der Waals surface area contributed by atoms with Gasteiger partial charge >= 0.3 is 0 Å². The highest BCUT2D eigenvalue weighted by atomic mass is 35.5. The molecule has 0 spiro atoms. The highest BCUT2D eigenvalue weighted by molar-refractivity contribution is 6.38. The Balaban J connectivity index is 1.81. The molecule has 1 aliphatic heterocycles. The van der Waals surface area contributed by atoms with Crippen LogP contribution in [-0.4, -0.2) is 16.5 Å². The van der Waals surface area contributed by atoms with Crippen molar-refractivity contribution in [3.8, 4) is 0 Å². The molecule has 0 saturated heterocycles. The van der Waals surface area contributed by atoms with Gasteiger partial charge in [0.25, 0.3) is 11.6 Å². The molecular weight excluding hydrogens is 390 g/mol. The molecule has 1 amide bonds. The van der Waals surface area contributed by atoms with Gasteiger partial charge < -0.3 is 0 Å². The van der Waals surface area contributed by atoms with Gasteiger partial charge in [0.15, 0.2) is 0 Å². The average molecular weight is 404 g/mol. The van der Waals surface area contributed by atoms with Gasteiger partial charge in [-0.25, -0.2) is 0 Å². The smallest absolute Gasteiger partial charge is 0.267 e. The van der Waals surface area contributed by atoms with E-state index in [-0.39, 0.29) is 11.6 Å². The van der Waals surface area contributed by atoms with Gasteiger partial charge in [0.2, 0.25) is 0 Å². The third kappa shape index (κ3) is 3.66. The van der Waals surface area contributed by atoms with Gasteiger partial charge in [-0.3, -0.25) is 14.9 Å². The van der Waals surface area contributed by atoms with Gasteiger partial charge in [0, 0.05) is 22.7 Å². The molecule has 6 nitrogen and oxygen atoms in total. The molecule has 0 bridgehead atoms. The van der Waals surface area contributed by atoms with Crippen LogP contribution in [0.5, 0.6) is 0 Å². The summed E-state index contributed by atoms with van der Waals surface area (Å²) in [7, 11) is 0. The van der Waals surface area contributed by atoms with Gasteiger partial charge in [-0.15, -0.1) is 0 Å². The first-order valence-electron chi connectivity index (χ1n) is 8.74. The van der Waals surface area contributed by atoms with Crippen molar-refractivity contribution < 1.29 is 9.72 Å².